The molecular weight excluding hydrogens is 348 g/mol. The Morgan fingerprint density at radius 3 is 2.57 bits per heavy atom. The first kappa shape index (κ1) is 20.0. The van der Waals surface area contributed by atoms with Crippen molar-refractivity contribution in [3.63, 3.8) is 0 Å². The van der Waals surface area contributed by atoms with Crippen molar-refractivity contribution in [1.29, 1.82) is 0 Å². The minimum Gasteiger partial charge on any atom is -0.497 e. The lowest BCUT2D eigenvalue weighted by molar-refractivity contribution is 0.408. The Balaban J connectivity index is 1.86. The summed E-state index contributed by atoms with van der Waals surface area (Å²) in [4.78, 5) is 4.77. The molecule has 0 saturated carbocycles. The van der Waals surface area contributed by atoms with Crippen LogP contribution in [-0.2, 0) is 19.4 Å². The van der Waals surface area contributed by atoms with E-state index < -0.39 is 0 Å². The molecule has 0 aliphatic heterocycles. The van der Waals surface area contributed by atoms with Gasteiger partial charge in [-0.25, -0.2) is 4.98 Å². The normalized spacial score (nSPS) is 10.8. The summed E-state index contributed by atoms with van der Waals surface area (Å²) in [5.74, 6) is 1.81. The van der Waals surface area contributed by atoms with Gasteiger partial charge in [0.1, 0.15) is 11.5 Å². The molecule has 0 saturated heterocycles. The van der Waals surface area contributed by atoms with Crippen molar-refractivity contribution in [3.05, 3.63) is 66.1 Å². The van der Waals surface area contributed by atoms with E-state index in [1.54, 1.807) is 14.2 Å². The summed E-state index contributed by atoms with van der Waals surface area (Å²) in [6, 6.07) is 16.4. The Morgan fingerprint density at radius 2 is 1.79 bits per heavy atom. The number of hydrogen-bond acceptors (Lipinski definition) is 3. The summed E-state index contributed by atoms with van der Waals surface area (Å²) >= 11 is 0. The lowest BCUT2D eigenvalue weighted by Gasteiger charge is -2.12. The zero-order valence-corrected chi connectivity index (χ0v) is 17.1. The van der Waals surface area contributed by atoms with Gasteiger partial charge in [0.05, 0.1) is 26.2 Å². The highest BCUT2D eigenvalue weighted by Gasteiger charge is 2.14. The molecule has 2 aromatic carbocycles. The van der Waals surface area contributed by atoms with E-state index in [0.717, 1.165) is 42.1 Å². The second kappa shape index (κ2) is 9.98. The molecular formula is C24H30N2O2. The number of methoxy groups -OCH3 is 2. The molecule has 0 bridgehead atoms. The summed E-state index contributed by atoms with van der Waals surface area (Å²) in [6.07, 6.45) is 7.55. The highest BCUT2D eigenvalue weighted by Crippen LogP contribution is 2.28. The molecule has 0 spiro atoms. The summed E-state index contributed by atoms with van der Waals surface area (Å²) in [6.45, 7) is 3.13. The fourth-order valence-corrected chi connectivity index (χ4v) is 3.57. The Labute approximate surface area is 168 Å². The van der Waals surface area contributed by atoms with Gasteiger partial charge in [0, 0.05) is 17.8 Å². The largest absolute Gasteiger partial charge is 0.497 e. The third-order valence-electron chi connectivity index (χ3n) is 5.12. The van der Waals surface area contributed by atoms with Crippen LogP contribution in [0.15, 0.2) is 54.9 Å². The van der Waals surface area contributed by atoms with E-state index >= 15 is 0 Å². The second-order valence-corrected chi connectivity index (χ2v) is 6.98. The number of ether oxygens (including phenoxy) is 2. The fourth-order valence-electron chi connectivity index (χ4n) is 3.57. The molecule has 1 heterocycles. The first-order valence-electron chi connectivity index (χ1n) is 10.1. The molecule has 0 fully saturated rings. The molecule has 3 rings (SSSR count). The maximum absolute atomic E-state index is 5.50. The van der Waals surface area contributed by atoms with Crippen LogP contribution in [0.3, 0.4) is 0 Å². The van der Waals surface area contributed by atoms with Crippen molar-refractivity contribution < 1.29 is 9.47 Å². The van der Waals surface area contributed by atoms with E-state index in [0.29, 0.717) is 0 Å². The number of nitrogens with zero attached hydrogens (tertiary/aromatic N) is 2. The molecule has 28 heavy (non-hydrogen) atoms. The maximum atomic E-state index is 5.50. The van der Waals surface area contributed by atoms with Gasteiger partial charge < -0.3 is 14.0 Å². The van der Waals surface area contributed by atoms with Crippen LogP contribution in [0.25, 0.3) is 11.3 Å². The number of unbranched alkanes of at least 4 members (excludes halogenated alkanes) is 2. The zero-order chi connectivity index (χ0) is 19.8. The van der Waals surface area contributed by atoms with Crippen molar-refractivity contribution >= 4 is 0 Å². The molecule has 0 aliphatic rings. The number of aryl methyl sites for hydroxylation is 2. The van der Waals surface area contributed by atoms with Crippen LogP contribution in [0.4, 0.5) is 0 Å². The number of aromatic nitrogens is 2. The molecule has 0 radical (unpaired) electrons. The molecule has 0 N–H and O–H groups in total. The Morgan fingerprint density at radius 1 is 0.929 bits per heavy atom. The van der Waals surface area contributed by atoms with Gasteiger partial charge in [-0.15, -0.1) is 0 Å². The van der Waals surface area contributed by atoms with Crippen molar-refractivity contribution in [2.75, 3.05) is 14.2 Å². The van der Waals surface area contributed by atoms with Crippen molar-refractivity contribution in [2.24, 2.45) is 0 Å². The van der Waals surface area contributed by atoms with Crippen molar-refractivity contribution in [2.45, 2.75) is 45.6 Å². The van der Waals surface area contributed by atoms with E-state index in [9.17, 15) is 0 Å². The van der Waals surface area contributed by atoms with Crippen LogP contribution in [0.2, 0.25) is 0 Å². The highest BCUT2D eigenvalue weighted by atomic mass is 16.5. The lowest BCUT2D eigenvalue weighted by Crippen LogP contribution is -2.06. The van der Waals surface area contributed by atoms with E-state index in [2.05, 4.69) is 35.8 Å². The van der Waals surface area contributed by atoms with Gasteiger partial charge in [0.2, 0.25) is 0 Å². The molecule has 3 aromatic rings. The predicted octanol–water partition coefficient (Wildman–Crippen LogP) is 5.54. The molecule has 4 nitrogen and oxygen atoms in total. The van der Waals surface area contributed by atoms with Gasteiger partial charge in [-0.1, -0.05) is 50.1 Å². The number of rotatable bonds is 10. The van der Waals surface area contributed by atoms with Gasteiger partial charge in [0.15, 0.2) is 0 Å². The van der Waals surface area contributed by atoms with Crippen LogP contribution in [-0.4, -0.2) is 23.8 Å². The quantitative estimate of drug-likeness (QED) is 0.434. The molecule has 0 aliphatic carbocycles. The number of para-hydroxylation sites is 1. The van der Waals surface area contributed by atoms with E-state index in [4.69, 9.17) is 14.5 Å². The van der Waals surface area contributed by atoms with Gasteiger partial charge in [-0.3, -0.25) is 0 Å². The molecule has 0 amide bonds. The second-order valence-electron chi connectivity index (χ2n) is 6.98. The average molecular weight is 379 g/mol. The smallest absolute Gasteiger partial charge is 0.122 e. The van der Waals surface area contributed by atoms with Crippen molar-refractivity contribution in [1.82, 2.24) is 9.55 Å². The van der Waals surface area contributed by atoms with Crippen LogP contribution >= 0.6 is 0 Å². The van der Waals surface area contributed by atoms with Gasteiger partial charge >= 0.3 is 0 Å². The number of hydrogen-bond donors (Lipinski definition) is 0. The van der Waals surface area contributed by atoms with Crippen LogP contribution in [0.1, 0.15) is 37.4 Å². The molecule has 4 heteroatoms. The molecule has 0 atom stereocenters. The van der Waals surface area contributed by atoms with Crippen molar-refractivity contribution in [3.8, 4) is 22.8 Å². The zero-order valence-electron chi connectivity index (χ0n) is 17.1. The summed E-state index contributed by atoms with van der Waals surface area (Å²) in [5.41, 5.74) is 4.70. The highest BCUT2D eigenvalue weighted by molar-refractivity contribution is 5.64. The van der Waals surface area contributed by atoms with Gasteiger partial charge in [-0.05, 0) is 43.0 Å². The molecule has 0 unspecified atom stereocenters. The van der Waals surface area contributed by atoms with E-state index in [-0.39, 0.29) is 0 Å². The maximum Gasteiger partial charge on any atom is 0.122 e. The third-order valence-corrected chi connectivity index (χ3v) is 5.12. The molecule has 1 aromatic heterocycles. The number of benzene rings is 2. The predicted molar refractivity (Wildman–Crippen MR) is 114 cm³/mol. The lowest BCUT2D eigenvalue weighted by atomic mass is 10.0. The van der Waals surface area contributed by atoms with E-state index in [1.807, 2.05) is 30.6 Å². The monoisotopic (exact) mass is 378 g/mol. The molecule has 148 valence electrons. The van der Waals surface area contributed by atoms with Crippen LogP contribution in [0.5, 0.6) is 11.5 Å². The third kappa shape index (κ3) is 4.75. The SMILES string of the molecule is CCCCCc1c(-c2cccc(OC)c2)ncn1CCc1ccccc1OC. The fraction of sp³-hybridized carbons (Fsp3) is 0.375. The standard InChI is InChI=1S/C24H30N2O2/c1-4-5-6-13-22-24(20-11-9-12-21(17-20)27-2)25-18-26(22)16-15-19-10-7-8-14-23(19)28-3/h7-12,14,17-18H,4-6,13,15-16H2,1-3H3. The average Bonchev–Trinajstić information content (AvgIpc) is 3.15. The Kier molecular flexibility index (Phi) is 7.12. The first-order chi connectivity index (χ1) is 13.8. The topological polar surface area (TPSA) is 36.3 Å². The van der Waals surface area contributed by atoms with Gasteiger partial charge in [-0.2, -0.15) is 0 Å². The minimum atomic E-state index is 0.862. The Hall–Kier alpha value is -2.75. The summed E-state index contributed by atoms with van der Waals surface area (Å²) < 4.78 is 13.2. The van der Waals surface area contributed by atoms with E-state index in [1.165, 1.54) is 30.5 Å². The summed E-state index contributed by atoms with van der Waals surface area (Å²) in [7, 11) is 3.43. The van der Waals surface area contributed by atoms with Gasteiger partial charge in [0.25, 0.3) is 0 Å². The number of imidazole rings is 1. The van der Waals surface area contributed by atoms with Crippen LogP contribution < -0.4 is 9.47 Å². The first-order valence-corrected chi connectivity index (χ1v) is 10.1. The Bertz CT molecular complexity index is 886. The van der Waals surface area contributed by atoms with Crippen LogP contribution in [0, 0.1) is 0 Å². The minimum absolute atomic E-state index is 0.862. The summed E-state index contributed by atoms with van der Waals surface area (Å²) in [5, 5.41) is 0.